The molecule has 0 atom stereocenters. The largest absolute Gasteiger partial charge is 0.372 e. The molecule has 0 aromatic carbocycles. The average Bonchev–Trinajstić information content (AvgIpc) is 2.14. The van der Waals surface area contributed by atoms with Gasteiger partial charge in [-0.3, -0.25) is 0 Å². The summed E-state index contributed by atoms with van der Waals surface area (Å²) in [6.07, 6.45) is -3.74. The third-order valence-electron chi connectivity index (χ3n) is 1.41. The summed E-state index contributed by atoms with van der Waals surface area (Å²) in [5, 5.41) is 0. The molecule has 0 aliphatic rings. The summed E-state index contributed by atoms with van der Waals surface area (Å²) in [6.45, 7) is 0.0484. The highest BCUT2D eigenvalue weighted by Crippen LogP contribution is 2.47. The molecule has 0 spiro atoms. The molecular formula is C7H3F9. The van der Waals surface area contributed by atoms with Crippen molar-refractivity contribution in [1.29, 1.82) is 0 Å². The minimum absolute atomic E-state index is 0.0484. The molecule has 0 radical (unpaired) electrons. The van der Waals surface area contributed by atoms with Crippen molar-refractivity contribution in [3.63, 3.8) is 0 Å². The molecule has 94 valence electrons. The van der Waals surface area contributed by atoms with Gasteiger partial charge >= 0.3 is 17.9 Å². The van der Waals surface area contributed by atoms with E-state index in [4.69, 9.17) is 0 Å². The maximum absolute atomic E-state index is 12.4. The Morgan fingerprint density at radius 2 is 1.00 bits per heavy atom. The van der Waals surface area contributed by atoms with E-state index in [1.807, 2.05) is 0 Å². The third kappa shape index (κ3) is 2.33. The van der Waals surface area contributed by atoms with Crippen molar-refractivity contribution in [3.05, 3.63) is 23.6 Å². The summed E-state index contributed by atoms with van der Waals surface area (Å²) in [6, 6.07) is 0. The average molecular weight is 258 g/mol. The minimum Gasteiger partial charge on any atom is -0.209 e. The van der Waals surface area contributed by atoms with Crippen LogP contribution in [0.5, 0.6) is 0 Å². The van der Waals surface area contributed by atoms with Crippen molar-refractivity contribution in [2.45, 2.75) is 18.8 Å². The fourth-order valence-corrected chi connectivity index (χ4v) is 0.611. The van der Waals surface area contributed by atoms with Crippen molar-refractivity contribution < 1.29 is 39.5 Å². The topological polar surface area (TPSA) is 0 Å². The van der Waals surface area contributed by atoms with E-state index in [2.05, 4.69) is 0 Å². The molecule has 0 rings (SSSR count). The number of alkyl halides is 4. The van der Waals surface area contributed by atoms with Crippen LogP contribution in [0.2, 0.25) is 0 Å². The second-order valence-electron chi connectivity index (χ2n) is 2.57. The summed E-state index contributed by atoms with van der Waals surface area (Å²) >= 11 is 0. The molecule has 16 heavy (non-hydrogen) atoms. The van der Waals surface area contributed by atoms with E-state index >= 15 is 0 Å². The molecule has 0 amide bonds. The Morgan fingerprint density at radius 1 is 0.688 bits per heavy atom. The molecule has 0 N–H and O–H groups in total. The van der Waals surface area contributed by atoms with E-state index in [9.17, 15) is 39.5 Å². The van der Waals surface area contributed by atoms with Gasteiger partial charge < -0.3 is 0 Å². The molecule has 0 aromatic heterocycles. The van der Waals surface area contributed by atoms with Gasteiger partial charge in [-0.2, -0.15) is 30.7 Å². The first-order valence-electron chi connectivity index (χ1n) is 3.45. The zero-order valence-corrected chi connectivity index (χ0v) is 7.40. The van der Waals surface area contributed by atoms with Crippen LogP contribution in [0.3, 0.4) is 0 Å². The van der Waals surface area contributed by atoms with Crippen LogP contribution in [0.4, 0.5) is 39.5 Å². The highest BCUT2D eigenvalue weighted by molar-refractivity contribution is 5.21. The Kier molecular flexibility index (Phi) is 4.07. The molecule has 0 nitrogen and oxygen atoms in total. The van der Waals surface area contributed by atoms with Crippen LogP contribution < -0.4 is 0 Å². The van der Waals surface area contributed by atoms with Gasteiger partial charge in [-0.05, 0) is 6.92 Å². The maximum atomic E-state index is 12.4. The summed E-state index contributed by atoms with van der Waals surface area (Å²) < 4.78 is 109. The standard InChI is InChI=1S/C7H3F9/c1-2(8)3(9)6(13,14)7(15,16)4(10)5(11)12/h1H3. The number of rotatable bonds is 3. The van der Waals surface area contributed by atoms with Gasteiger partial charge in [0.15, 0.2) is 0 Å². The molecule has 0 aliphatic carbocycles. The summed E-state index contributed by atoms with van der Waals surface area (Å²) in [5.74, 6) is -21.7. The van der Waals surface area contributed by atoms with Gasteiger partial charge in [0.25, 0.3) is 0 Å². The summed E-state index contributed by atoms with van der Waals surface area (Å²) in [4.78, 5) is 0. The van der Waals surface area contributed by atoms with Crippen LogP contribution in [0.25, 0.3) is 0 Å². The molecule has 0 aromatic rings. The summed E-state index contributed by atoms with van der Waals surface area (Å²) in [7, 11) is 0. The second-order valence-corrected chi connectivity index (χ2v) is 2.57. The van der Waals surface area contributed by atoms with E-state index in [-0.39, 0.29) is 6.92 Å². The van der Waals surface area contributed by atoms with Crippen molar-refractivity contribution >= 4 is 0 Å². The van der Waals surface area contributed by atoms with E-state index in [1.54, 1.807) is 0 Å². The molecule has 0 saturated carbocycles. The van der Waals surface area contributed by atoms with Crippen LogP contribution in [-0.4, -0.2) is 11.8 Å². The van der Waals surface area contributed by atoms with Gasteiger partial charge in [-0.25, -0.2) is 8.78 Å². The van der Waals surface area contributed by atoms with Crippen molar-refractivity contribution in [2.75, 3.05) is 0 Å². The van der Waals surface area contributed by atoms with Gasteiger partial charge in [0, 0.05) is 0 Å². The first-order valence-corrected chi connectivity index (χ1v) is 3.45. The van der Waals surface area contributed by atoms with E-state index < -0.39 is 35.4 Å². The monoisotopic (exact) mass is 258 g/mol. The number of hydrogen-bond acceptors (Lipinski definition) is 0. The zero-order chi connectivity index (χ0) is 13.3. The van der Waals surface area contributed by atoms with Crippen LogP contribution >= 0.6 is 0 Å². The molecular weight excluding hydrogens is 255 g/mol. The Labute approximate surface area is 83.0 Å². The highest BCUT2D eigenvalue weighted by Gasteiger charge is 2.65. The molecule has 0 unspecified atom stereocenters. The van der Waals surface area contributed by atoms with Crippen LogP contribution in [-0.2, 0) is 0 Å². The first kappa shape index (κ1) is 14.8. The maximum Gasteiger partial charge on any atom is 0.372 e. The van der Waals surface area contributed by atoms with Gasteiger partial charge in [-0.1, -0.05) is 0 Å². The quantitative estimate of drug-likeness (QED) is 0.653. The fraction of sp³-hybridized carbons (Fsp3) is 0.429. The minimum atomic E-state index is -6.16. The lowest BCUT2D eigenvalue weighted by Gasteiger charge is -2.23. The molecule has 0 fully saturated rings. The molecule has 9 heteroatoms. The van der Waals surface area contributed by atoms with Gasteiger partial charge in [0.2, 0.25) is 11.7 Å². The third-order valence-corrected chi connectivity index (χ3v) is 1.41. The van der Waals surface area contributed by atoms with Crippen molar-refractivity contribution in [1.82, 2.24) is 0 Å². The molecule has 0 bridgehead atoms. The van der Waals surface area contributed by atoms with Gasteiger partial charge in [0.1, 0.15) is 5.83 Å². The van der Waals surface area contributed by atoms with E-state index in [0.29, 0.717) is 0 Å². The molecule has 0 aliphatic heterocycles. The number of halogens is 9. The lowest BCUT2D eigenvalue weighted by Crippen LogP contribution is -2.42. The van der Waals surface area contributed by atoms with Crippen molar-refractivity contribution in [2.24, 2.45) is 0 Å². The number of hydrogen-bond donors (Lipinski definition) is 0. The highest BCUT2D eigenvalue weighted by atomic mass is 19.3. The molecule has 0 heterocycles. The van der Waals surface area contributed by atoms with Crippen LogP contribution in [0.15, 0.2) is 23.6 Å². The Morgan fingerprint density at radius 3 is 1.25 bits per heavy atom. The lowest BCUT2D eigenvalue weighted by molar-refractivity contribution is -0.184. The Hall–Kier alpha value is -1.15. The van der Waals surface area contributed by atoms with Crippen LogP contribution in [0.1, 0.15) is 6.92 Å². The van der Waals surface area contributed by atoms with Crippen molar-refractivity contribution in [3.8, 4) is 0 Å². The lowest BCUT2D eigenvalue weighted by atomic mass is 10.1. The number of allylic oxidation sites excluding steroid dienone is 3. The SMILES string of the molecule is CC(F)=C(F)C(F)(F)C(F)(F)C(F)=C(F)F. The fourth-order valence-electron chi connectivity index (χ4n) is 0.611. The van der Waals surface area contributed by atoms with E-state index in [1.165, 1.54) is 0 Å². The smallest absolute Gasteiger partial charge is 0.209 e. The first-order chi connectivity index (χ1) is 6.96. The van der Waals surface area contributed by atoms with Gasteiger partial charge in [0.05, 0.1) is 0 Å². The predicted octanol–water partition coefficient (Wildman–Crippen LogP) is 4.51. The van der Waals surface area contributed by atoms with Crippen LogP contribution in [0, 0.1) is 0 Å². The normalized spacial score (nSPS) is 14.6. The second kappa shape index (κ2) is 4.38. The summed E-state index contributed by atoms with van der Waals surface area (Å²) in [5.41, 5.74) is 0. The van der Waals surface area contributed by atoms with E-state index in [0.717, 1.165) is 0 Å². The Bertz CT molecular complexity index is 296. The molecule has 0 saturated heterocycles. The Balaban J connectivity index is 5.66. The van der Waals surface area contributed by atoms with Gasteiger partial charge in [-0.15, -0.1) is 0 Å². The predicted molar refractivity (Wildman–Crippen MR) is 35.2 cm³/mol. The zero-order valence-electron chi connectivity index (χ0n) is 7.40.